The van der Waals surface area contributed by atoms with Crippen LogP contribution in [0.4, 0.5) is 0 Å². The van der Waals surface area contributed by atoms with Crippen molar-refractivity contribution in [2.24, 2.45) is 0 Å². The highest BCUT2D eigenvalue weighted by Crippen LogP contribution is 2.07. The summed E-state index contributed by atoms with van der Waals surface area (Å²) in [6, 6.07) is 11.0. The van der Waals surface area contributed by atoms with Crippen molar-refractivity contribution in [2.75, 3.05) is 26.3 Å². The zero-order chi connectivity index (χ0) is 11.2. The van der Waals surface area contributed by atoms with Crippen molar-refractivity contribution in [3.05, 3.63) is 42.0 Å². The molecule has 0 bridgehead atoms. The lowest BCUT2D eigenvalue weighted by atomic mass is 10.2. The summed E-state index contributed by atoms with van der Waals surface area (Å²) in [5.41, 5.74) is 1.27. The Hall–Kier alpha value is -1.12. The molecule has 16 heavy (non-hydrogen) atoms. The third-order valence-corrected chi connectivity index (χ3v) is 2.96. The predicted molar refractivity (Wildman–Crippen MR) is 67.3 cm³/mol. The first-order valence-corrected chi connectivity index (χ1v) is 5.89. The number of benzene rings is 1. The minimum atomic E-state index is 0.536. The largest absolute Gasteiger partial charge is 0.379 e. The summed E-state index contributed by atoms with van der Waals surface area (Å²) < 4.78 is 5.41. The minimum absolute atomic E-state index is 0.536. The van der Waals surface area contributed by atoms with E-state index in [0.29, 0.717) is 6.04 Å². The van der Waals surface area contributed by atoms with Gasteiger partial charge in [0.1, 0.15) is 0 Å². The molecular formula is C14H19NO. The molecule has 1 saturated heterocycles. The molecule has 1 aliphatic rings. The van der Waals surface area contributed by atoms with Crippen molar-refractivity contribution in [3.8, 4) is 0 Å². The number of hydrogen-bond acceptors (Lipinski definition) is 2. The normalized spacial score (nSPS) is 22.7. The van der Waals surface area contributed by atoms with Crippen molar-refractivity contribution in [3.63, 3.8) is 0 Å². The Balaban J connectivity index is 1.84. The lowest BCUT2D eigenvalue weighted by Crippen LogP contribution is -2.43. The molecule has 1 aliphatic heterocycles. The summed E-state index contributed by atoms with van der Waals surface area (Å²) in [6.45, 7) is 6.00. The molecule has 1 fully saturated rings. The van der Waals surface area contributed by atoms with Gasteiger partial charge in [-0.15, -0.1) is 0 Å². The van der Waals surface area contributed by atoms with Crippen molar-refractivity contribution in [2.45, 2.75) is 13.0 Å². The molecule has 0 N–H and O–H groups in total. The molecule has 0 spiro atoms. The molecule has 0 radical (unpaired) electrons. The second kappa shape index (κ2) is 5.83. The highest BCUT2D eigenvalue weighted by atomic mass is 16.5. The number of rotatable bonds is 3. The summed E-state index contributed by atoms with van der Waals surface area (Å²) in [7, 11) is 0. The van der Waals surface area contributed by atoms with Crippen molar-refractivity contribution >= 4 is 6.08 Å². The van der Waals surface area contributed by atoms with Crippen molar-refractivity contribution in [1.29, 1.82) is 0 Å². The Morgan fingerprint density at radius 3 is 2.94 bits per heavy atom. The molecule has 1 atom stereocenters. The summed E-state index contributed by atoms with van der Waals surface area (Å²) in [5.74, 6) is 0. The van der Waals surface area contributed by atoms with Crippen molar-refractivity contribution < 1.29 is 4.74 Å². The Morgan fingerprint density at radius 2 is 2.19 bits per heavy atom. The zero-order valence-corrected chi connectivity index (χ0v) is 9.80. The van der Waals surface area contributed by atoms with Crippen molar-refractivity contribution in [1.82, 2.24) is 4.90 Å². The summed E-state index contributed by atoms with van der Waals surface area (Å²) in [6.07, 6.45) is 4.42. The van der Waals surface area contributed by atoms with Gasteiger partial charge in [-0.3, -0.25) is 4.90 Å². The molecule has 1 aromatic carbocycles. The van der Waals surface area contributed by atoms with E-state index in [-0.39, 0.29) is 0 Å². The predicted octanol–water partition coefficient (Wildman–Crippen LogP) is 2.42. The highest BCUT2D eigenvalue weighted by Gasteiger charge is 2.16. The van der Waals surface area contributed by atoms with E-state index in [4.69, 9.17) is 4.74 Å². The second-order valence-electron chi connectivity index (χ2n) is 4.23. The van der Waals surface area contributed by atoms with Crippen LogP contribution in [0.15, 0.2) is 36.4 Å². The third-order valence-electron chi connectivity index (χ3n) is 2.96. The molecule has 86 valence electrons. The SMILES string of the molecule is C[C@H]1COCCN1C/C=C/c1ccccc1. The second-order valence-corrected chi connectivity index (χ2v) is 4.23. The van der Waals surface area contributed by atoms with Crippen LogP contribution >= 0.6 is 0 Å². The maximum absolute atomic E-state index is 5.41. The molecule has 0 aliphatic carbocycles. The van der Waals surface area contributed by atoms with Crippen LogP contribution < -0.4 is 0 Å². The topological polar surface area (TPSA) is 12.5 Å². The first kappa shape index (κ1) is 11.4. The average molecular weight is 217 g/mol. The average Bonchev–Trinajstić information content (AvgIpc) is 2.33. The van der Waals surface area contributed by atoms with Gasteiger partial charge in [0.15, 0.2) is 0 Å². The van der Waals surface area contributed by atoms with Gasteiger partial charge < -0.3 is 4.74 Å². The Kier molecular flexibility index (Phi) is 4.14. The number of morpholine rings is 1. The van der Waals surface area contributed by atoms with E-state index < -0.39 is 0 Å². The molecule has 0 unspecified atom stereocenters. The Morgan fingerprint density at radius 1 is 1.38 bits per heavy atom. The molecule has 1 aromatic rings. The van der Waals surface area contributed by atoms with E-state index in [1.807, 2.05) is 6.07 Å². The third kappa shape index (κ3) is 3.19. The van der Waals surface area contributed by atoms with Gasteiger partial charge in [-0.05, 0) is 12.5 Å². The van der Waals surface area contributed by atoms with E-state index in [1.165, 1.54) is 5.56 Å². The van der Waals surface area contributed by atoms with Crippen LogP contribution in [-0.2, 0) is 4.74 Å². The fourth-order valence-corrected chi connectivity index (χ4v) is 1.92. The summed E-state index contributed by atoms with van der Waals surface area (Å²) in [5, 5.41) is 0. The first-order chi connectivity index (χ1) is 7.86. The standard InChI is InChI=1S/C14H19NO/c1-13-12-16-11-10-15(13)9-5-8-14-6-3-2-4-7-14/h2-8,13H,9-12H2,1H3/b8-5+/t13-/m0/s1. The van der Waals surface area contributed by atoms with E-state index in [9.17, 15) is 0 Å². The quantitative estimate of drug-likeness (QED) is 0.771. The lowest BCUT2D eigenvalue weighted by Gasteiger charge is -2.32. The van der Waals surface area contributed by atoms with Crippen LogP contribution in [0.5, 0.6) is 0 Å². The maximum Gasteiger partial charge on any atom is 0.0619 e. The van der Waals surface area contributed by atoms with Gasteiger partial charge in [0.2, 0.25) is 0 Å². The van der Waals surface area contributed by atoms with E-state index in [2.05, 4.69) is 48.2 Å². The van der Waals surface area contributed by atoms with Gasteiger partial charge in [0.25, 0.3) is 0 Å². The monoisotopic (exact) mass is 217 g/mol. The van der Waals surface area contributed by atoms with Gasteiger partial charge >= 0.3 is 0 Å². The van der Waals surface area contributed by atoms with E-state index in [0.717, 1.165) is 26.3 Å². The van der Waals surface area contributed by atoms with Crippen LogP contribution in [0, 0.1) is 0 Å². The molecule has 2 heteroatoms. The number of nitrogens with zero attached hydrogens (tertiary/aromatic N) is 1. The smallest absolute Gasteiger partial charge is 0.0619 e. The summed E-state index contributed by atoms with van der Waals surface area (Å²) in [4.78, 5) is 2.45. The minimum Gasteiger partial charge on any atom is -0.379 e. The van der Waals surface area contributed by atoms with Gasteiger partial charge in [0, 0.05) is 19.1 Å². The molecule has 0 saturated carbocycles. The molecule has 2 nitrogen and oxygen atoms in total. The molecule has 0 aromatic heterocycles. The molecule has 0 amide bonds. The van der Waals surface area contributed by atoms with Gasteiger partial charge in [-0.1, -0.05) is 42.5 Å². The Bertz CT molecular complexity index is 334. The molecule has 2 rings (SSSR count). The summed E-state index contributed by atoms with van der Waals surface area (Å²) >= 11 is 0. The fraction of sp³-hybridized carbons (Fsp3) is 0.429. The van der Waals surface area contributed by atoms with Crippen LogP contribution in [0.25, 0.3) is 6.08 Å². The van der Waals surface area contributed by atoms with Crippen LogP contribution in [0.2, 0.25) is 0 Å². The zero-order valence-electron chi connectivity index (χ0n) is 9.80. The molecule has 1 heterocycles. The first-order valence-electron chi connectivity index (χ1n) is 5.89. The van der Waals surface area contributed by atoms with Crippen LogP contribution in [0.3, 0.4) is 0 Å². The number of ether oxygens (including phenoxy) is 1. The van der Waals surface area contributed by atoms with E-state index in [1.54, 1.807) is 0 Å². The highest BCUT2D eigenvalue weighted by molar-refractivity contribution is 5.48. The molecular weight excluding hydrogens is 198 g/mol. The lowest BCUT2D eigenvalue weighted by molar-refractivity contribution is 0.00564. The Labute approximate surface area is 97.5 Å². The van der Waals surface area contributed by atoms with Crippen LogP contribution in [-0.4, -0.2) is 37.2 Å². The maximum atomic E-state index is 5.41. The van der Waals surface area contributed by atoms with E-state index >= 15 is 0 Å². The van der Waals surface area contributed by atoms with Gasteiger partial charge in [-0.25, -0.2) is 0 Å². The van der Waals surface area contributed by atoms with Gasteiger partial charge in [-0.2, -0.15) is 0 Å². The fourth-order valence-electron chi connectivity index (χ4n) is 1.92. The number of hydrogen-bond donors (Lipinski definition) is 0. The van der Waals surface area contributed by atoms with Gasteiger partial charge in [0.05, 0.1) is 13.2 Å². The van der Waals surface area contributed by atoms with Crippen LogP contribution in [0.1, 0.15) is 12.5 Å².